The number of aromatic amines is 1. The first-order valence-corrected chi connectivity index (χ1v) is 9.50. The molecule has 0 spiro atoms. The van der Waals surface area contributed by atoms with E-state index in [1.54, 1.807) is 6.20 Å². The van der Waals surface area contributed by atoms with E-state index in [-0.39, 0.29) is 25.2 Å². The summed E-state index contributed by atoms with van der Waals surface area (Å²) in [6.45, 7) is 0.482. The van der Waals surface area contributed by atoms with Gasteiger partial charge in [-0.1, -0.05) is 0 Å². The number of aliphatic carboxylic acids is 4. The third-order valence-corrected chi connectivity index (χ3v) is 3.61. The van der Waals surface area contributed by atoms with E-state index in [2.05, 4.69) is 15.3 Å². The minimum absolute atomic E-state index is 0.0231. The lowest BCUT2D eigenvalue weighted by atomic mass is 10.2. The highest BCUT2D eigenvalue weighted by molar-refractivity contribution is 5.75. The van der Waals surface area contributed by atoms with Crippen molar-refractivity contribution >= 4 is 29.8 Å². The molecule has 0 radical (unpaired) electrons. The van der Waals surface area contributed by atoms with Gasteiger partial charge in [0.15, 0.2) is 5.96 Å². The summed E-state index contributed by atoms with van der Waals surface area (Å²) in [6.07, 6.45) is 4.13. The Bertz CT molecular complexity index is 743. The van der Waals surface area contributed by atoms with Gasteiger partial charge in [0.05, 0.1) is 12.0 Å². The van der Waals surface area contributed by atoms with Crippen LogP contribution in [0.25, 0.3) is 0 Å². The molecule has 0 aromatic carbocycles. The number of aromatic nitrogens is 2. The van der Waals surface area contributed by atoms with E-state index in [4.69, 9.17) is 48.8 Å². The number of nitrogens with one attached hydrogen (secondary N) is 3. The van der Waals surface area contributed by atoms with Crippen molar-refractivity contribution in [2.75, 3.05) is 6.54 Å². The van der Waals surface area contributed by atoms with Gasteiger partial charge in [0.1, 0.15) is 18.1 Å². The van der Waals surface area contributed by atoms with E-state index >= 15 is 0 Å². The van der Waals surface area contributed by atoms with Crippen LogP contribution in [0.2, 0.25) is 0 Å². The number of imidazole rings is 1. The zero-order chi connectivity index (χ0) is 26.0. The topological polar surface area (TPSA) is 318 Å². The molecule has 16 heteroatoms. The zero-order valence-electron chi connectivity index (χ0n) is 17.8. The van der Waals surface area contributed by atoms with Gasteiger partial charge in [-0.3, -0.25) is 24.6 Å². The average molecular weight is 476 g/mol. The quantitative estimate of drug-likeness (QED) is 0.0829. The Labute approximate surface area is 188 Å². The van der Waals surface area contributed by atoms with Crippen molar-refractivity contribution in [3.8, 4) is 0 Å². The highest BCUT2D eigenvalue weighted by atomic mass is 16.4. The highest BCUT2D eigenvalue weighted by Crippen LogP contribution is 1.95. The van der Waals surface area contributed by atoms with Crippen LogP contribution in [-0.2, 0) is 25.6 Å². The molecule has 1 aromatic heterocycles. The Morgan fingerprint density at radius 2 is 1.48 bits per heavy atom. The van der Waals surface area contributed by atoms with Gasteiger partial charge in [-0.25, -0.2) is 4.98 Å². The number of nitrogens with two attached hydrogens (primary N) is 4. The Kier molecular flexibility index (Phi) is 17.0. The molecule has 1 heterocycles. The van der Waals surface area contributed by atoms with Gasteiger partial charge in [0.25, 0.3) is 0 Å². The Morgan fingerprint density at radius 3 is 1.88 bits per heavy atom. The van der Waals surface area contributed by atoms with Gasteiger partial charge in [-0.15, -0.1) is 0 Å². The molecule has 0 bridgehead atoms. The number of nitrogens with zero attached hydrogens (tertiary/aromatic N) is 1. The van der Waals surface area contributed by atoms with Crippen LogP contribution in [0, 0.1) is 5.41 Å². The molecule has 1 rings (SSSR count). The second kappa shape index (κ2) is 17.9. The van der Waals surface area contributed by atoms with Gasteiger partial charge in [-0.05, 0) is 19.3 Å². The highest BCUT2D eigenvalue weighted by Gasteiger charge is 2.13. The number of carboxylic acids is 4. The number of guanidine groups is 1. The van der Waals surface area contributed by atoms with Crippen molar-refractivity contribution in [2.24, 2.45) is 22.9 Å². The Hall–Kier alpha value is -3.76. The monoisotopic (exact) mass is 476 g/mol. The van der Waals surface area contributed by atoms with Crippen molar-refractivity contribution in [1.82, 2.24) is 15.3 Å². The molecule has 15 N–H and O–H groups in total. The van der Waals surface area contributed by atoms with Crippen LogP contribution in [0.1, 0.15) is 31.4 Å². The SMILES string of the molecule is N=C(N)NCCC[C@H](N)C(=O)O.N[C@@H](CCC(=O)O)C(=O)O.N[C@@H](Cc1c[nH]cn1)C(=O)O. The largest absolute Gasteiger partial charge is 0.481 e. The standard InChI is InChI=1S/C6H14N4O2.C6H9N3O2.C5H9NO4/c7-4(5(11)12)2-1-3-10-6(8)9;7-5(6(10)11)1-4-2-8-3-9-4;6-3(5(9)10)1-2-4(7)8/h4H,1-3,7H2,(H,11,12)(H4,8,9,10);2-3,5H,1,7H2,(H,8,9)(H,10,11);3H,1-2,6H2,(H,7,8)(H,9,10)/t4-;5-;3-/m000/s1. The van der Waals surface area contributed by atoms with Gasteiger partial charge in [0.2, 0.25) is 0 Å². The molecule has 0 aliphatic heterocycles. The molecular weight excluding hydrogens is 444 g/mol. The van der Waals surface area contributed by atoms with E-state index < -0.39 is 42.0 Å². The van der Waals surface area contributed by atoms with E-state index in [1.165, 1.54) is 6.33 Å². The minimum Gasteiger partial charge on any atom is -0.481 e. The molecule has 0 amide bonds. The summed E-state index contributed by atoms with van der Waals surface area (Å²) in [5.74, 6) is -4.32. The van der Waals surface area contributed by atoms with Crippen molar-refractivity contribution in [2.45, 2.75) is 50.2 Å². The van der Waals surface area contributed by atoms with Crippen LogP contribution in [0.3, 0.4) is 0 Å². The van der Waals surface area contributed by atoms with Crippen LogP contribution in [0.15, 0.2) is 12.5 Å². The van der Waals surface area contributed by atoms with Gasteiger partial charge in [0, 0.05) is 25.6 Å². The number of rotatable bonds is 12. The molecule has 3 atom stereocenters. The second-order valence-electron chi connectivity index (χ2n) is 6.51. The molecule has 0 unspecified atom stereocenters. The molecule has 33 heavy (non-hydrogen) atoms. The fraction of sp³-hybridized carbons (Fsp3) is 0.529. The molecule has 188 valence electrons. The summed E-state index contributed by atoms with van der Waals surface area (Å²) in [5.41, 5.74) is 21.1. The van der Waals surface area contributed by atoms with Gasteiger partial charge in [-0.2, -0.15) is 0 Å². The Balaban J connectivity index is 0. The lowest BCUT2D eigenvalue weighted by Gasteiger charge is -2.06. The predicted octanol–water partition coefficient (Wildman–Crippen LogP) is -2.71. The van der Waals surface area contributed by atoms with E-state index in [0.29, 0.717) is 25.1 Å². The van der Waals surface area contributed by atoms with Gasteiger partial charge >= 0.3 is 23.9 Å². The fourth-order valence-corrected chi connectivity index (χ4v) is 1.79. The first-order valence-electron chi connectivity index (χ1n) is 9.50. The third-order valence-electron chi connectivity index (χ3n) is 3.61. The Morgan fingerprint density at radius 1 is 0.970 bits per heavy atom. The lowest BCUT2D eigenvalue weighted by Crippen LogP contribution is -2.34. The summed E-state index contributed by atoms with van der Waals surface area (Å²) < 4.78 is 0. The van der Waals surface area contributed by atoms with Crippen molar-refractivity contribution in [3.05, 3.63) is 18.2 Å². The first kappa shape index (κ1) is 31.4. The van der Waals surface area contributed by atoms with Crippen molar-refractivity contribution in [3.63, 3.8) is 0 Å². The summed E-state index contributed by atoms with van der Waals surface area (Å²) in [4.78, 5) is 46.9. The number of hydrogen-bond acceptors (Lipinski definition) is 9. The fourth-order valence-electron chi connectivity index (χ4n) is 1.79. The van der Waals surface area contributed by atoms with Crippen LogP contribution < -0.4 is 28.3 Å². The van der Waals surface area contributed by atoms with Crippen molar-refractivity contribution in [1.29, 1.82) is 5.41 Å². The molecule has 0 aliphatic carbocycles. The molecule has 0 saturated carbocycles. The van der Waals surface area contributed by atoms with Gasteiger partial charge < -0.3 is 53.7 Å². The number of hydrogen-bond donors (Lipinski definition) is 11. The molecule has 16 nitrogen and oxygen atoms in total. The molecule has 0 fully saturated rings. The van der Waals surface area contributed by atoms with Crippen LogP contribution in [0.4, 0.5) is 0 Å². The molecule has 0 aliphatic rings. The molecule has 0 saturated heterocycles. The first-order chi connectivity index (χ1) is 15.3. The maximum absolute atomic E-state index is 10.3. The number of carboxylic acid groups (broad SMARTS) is 4. The molecule has 1 aromatic rings. The van der Waals surface area contributed by atoms with E-state index in [9.17, 15) is 19.2 Å². The third kappa shape index (κ3) is 19.9. The summed E-state index contributed by atoms with van der Waals surface area (Å²) >= 11 is 0. The number of H-pyrrole nitrogens is 1. The van der Waals surface area contributed by atoms with Crippen LogP contribution >= 0.6 is 0 Å². The smallest absolute Gasteiger partial charge is 0.320 e. The van der Waals surface area contributed by atoms with E-state index in [1.807, 2.05) is 0 Å². The lowest BCUT2D eigenvalue weighted by molar-refractivity contribution is -0.141. The average Bonchev–Trinajstić information content (AvgIpc) is 3.22. The summed E-state index contributed by atoms with van der Waals surface area (Å²) in [6, 6.07) is -2.74. The summed E-state index contributed by atoms with van der Waals surface area (Å²) in [5, 5.41) is 42.4. The van der Waals surface area contributed by atoms with Crippen LogP contribution in [-0.4, -0.2) is 84.9 Å². The maximum Gasteiger partial charge on any atom is 0.320 e. The normalized spacial score (nSPS) is 12.5. The maximum atomic E-state index is 10.3. The van der Waals surface area contributed by atoms with Crippen molar-refractivity contribution < 1.29 is 39.6 Å². The number of carbonyl (C=O) groups is 4. The molecular formula is C17H32N8O8. The minimum atomic E-state index is -1.17. The van der Waals surface area contributed by atoms with Crippen LogP contribution in [0.5, 0.6) is 0 Å². The second-order valence-corrected chi connectivity index (χ2v) is 6.51. The summed E-state index contributed by atoms with van der Waals surface area (Å²) in [7, 11) is 0. The predicted molar refractivity (Wildman–Crippen MR) is 115 cm³/mol. The zero-order valence-corrected chi connectivity index (χ0v) is 17.8. The van der Waals surface area contributed by atoms with E-state index in [0.717, 1.165) is 0 Å².